The van der Waals surface area contributed by atoms with Crippen LogP contribution in [0.2, 0.25) is 0 Å². The summed E-state index contributed by atoms with van der Waals surface area (Å²) < 4.78 is 0. The number of carbonyl (C=O) groups excluding carboxylic acids is 2. The molecule has 0 unspecified atom stereocenters. The Hall–Kier alpha value is -1.23. The number of rotatable bonds is 13. The quantitative estimate of drug-likeness (QED) is 0.495. The van der Waals surface area contributed by atoms with E-state index in [1.54, 1.807) is 6.92 Å². The lowest BCUT2D eigenvalue weighted by molar-refractivity contribution is -0.142. The van der Waals surface area contributed by atoms with Crippen molar-refractivity contribution in [3.63, 3.8) is 0 Å². The molecule has 0 aromatic carbocycles. The summed E-state index contributed by atoms with van der Waals surface area (Å²) >= 11 is 0. The second-order valence-corrected chi connectivity index (χ2v) is 8.40. The highest BCUT2D eigenvalue weighted by Crippen LogP contribution is 2.36. The summed E-state index contributed by atoms with van der Waals surface area (Å²) in [5.41, 5.74) is 0. The van der Waals surface area contributed by atoms with Gasteiger partial charge in [0.25, 0.3) is 0 Å². The lowest BCUT2D eigenvalue weighted by Gasteiger charge is -2.33. The molecule has 5 atom stereocenters. The van der Waals surface area contributed by atoms with E-state index < -0.39 is 5.97 Å². The Morgan fingerprint density at radius 2 is 1.63 bits per heavy atom. The number of nitrogens with one attached hydrogen (secondary N) is 1. The van der Waals surface area contributed by atoms with Gasteiger partial charge < -0.3 is 5.11 Å². The molecule has 1 aliphatic carbocycles. The van der Waals surface area contributed by atoms with Crippen LogP contribution in [-0.4, -0.2) is 34.7 Å². The highest BCUT2D eigenvalue weighted by molar-refractivity contribution is 5.87. The third-order valence-corrected chi connectivity index (χ3v) is 6.00. The fraction of sp³-hybridized carbons (Fsp3) is 0.864. The SMILES string of the molecule is CCCC(=O)[C@H](CCC)N[C@@H](C)C(=O)C[C@H]1CCCC[C@H]1C[C@H](C)C(=O)O. The van der Waals surface area contributed by atoms with Gasteiger partial charge in [0.05, 0.1) is 18.0 Å². The number of hydrogen-bond donors (Lipinski definition) is 2. The molecule has 5 nitrogen and oxygen atoms in total. The number of carbonyl (C=O) groups is 3. The maximum absolute atomic E-state index is 12.8. The van der Waals surface area contributed by atoms with Gasteiger partial charge in [-0.15, -0.1) is 0 Å². The Balaban J connectivity index is 2.64. The van der Waals surface area contributed by atoms with Gasteiger partial charge in [-0.25, -0.2) is 0 Å². The van der Waals surface area contributed by atoms with Crippen LogP contribution >= 0.6 is 0 Å². The number of ketones is 2. The molecular formula is C22H39NO4. The highest BCUT2D eigenvalue weighted by atomic mass is 16.4. The zero-order valence-corrected chi connectivity index (χ0v) is 17.6. The fourth-order valence-electron chi connectivity index (χ4n) is 4.29. The van der Waals surface area contributed by atoms with Crippen molar-refractivity contribution in [3.8, 4) is 0 Å². The average molecular weight is 382 g/mol. The summed E-state index contributed by atoms with van der Waals surface area (Å²) in [6, 6.07) is -0.565. The number of hydrogen-bond acceptors (Lipinski definition) is 4. The second kappa shape index (κ2) is 12.3. The van der Waals surface area contributed by atoms with Gasteiger partial charge in [0.2, 0.25) is 0 Å². The minimum atomic E-state index is -0.752. The van der Waals surface area contributed by atoms with Crippen LogP contribution < -0.4 is 5.32 Å². The van der Waals surface area contributed by atoms with Gasteiger partial charge in [-0.05, 0) is 44.4 Å². The Bertz CT molecular complexity index is 491. The van der Waals surface area contributed by atoms with Crippen molar-refractivity contribution < 1.29 is 19.5 Å². The van der Waals surface area contributed by atoms with Crippen molar-refractivity contribution >= 4 is 17.5 Å². The molecule has 0 aliphatic heterocycles. The van der Waals surface area contributed by atoms with Gasteiger partial charge >= 0.3 is 5.97 Å². The predicted octanol–water partition coefficient (Wildman–Crippen LogP) is 4.38. The first-order valence-corrected chi connectivity index (χ1v) is 10.8. The number of Topliss-reactive ketones (excluding diaryl/α,β-unsaturated/α-hetero) is 2. The molecule has 0 spiro atoms. The maximum atomic E-state index is 12.8. The van der Waals surface area contributed by atoms with Crippen molar-refractivity contribution in [1.82, 2.24) is 5.32 Å². The smallest absolute Gasteiger partial charge is 0.306 e. The molecule has 2 N–H and O–H groups in total. The van der Waals surface area contributed by atoms with E-state index in [1.807, 2.05) is 13.8 Å². The number of carboxylic acids is 1. The van der Waals surface area contributed by atoms with Crippen molar-refractivity contribution in [1.29, 1.82) is 0 Å². The summed E-state index contributed by atoms with van der Waals surface area (Å²) in [5, 5.41) is 12.5. The largest absolute Gasteiger partial charge is 0.481 e. The van der Waals surface area contributed by atoms with E-state index >= 15 is 0 Å². The van der Waals surface area contributed by atoms with E-state index in [9.17, 15) is 19.5 Å². The minimum absolute atomic E-state index is 0.153. The van der Waals surface area contributed by atoms with Crippen LogP contribution in [0.4, 0.5) is 0 Å². The molecule has 0 radical (unpaired) electrons. The Labute approximate surface area is 164 Å². The number of aliphatic carboxylic acids is 1. The van der Waals surface area contributed by atoms with Gasteiger partial charge in [0, 0.05) is 12.8 Å². The first-order valence-electron chi connectivity index (χ1n) is 10.8. The zero-order chi connectivity index (χ0) is 20.4. The van der Waals surface area contributed by atoms with Gasteiger partial charge in [0.15, 0.2) is 0 Å². The van der Waals surface area contributed by atoms with Crippen LogP contribution in [0.5, 0.6) is 0 Å². The average Bonchev–Trinajstić information content (AvgIpc) is 2.62. The highest BCUT2D eigenvalue weighted by Gasteiger charge is 2.31. The first-order chi connectivity index (χ1) is 12.8. The van der Waals surface area contributed by atoms with Crippen LogP contribution in [0.25, 0.3) is 0 Å². The van der Waals surface area contributed by atoms with Crippen LogP contribution in [0, 0.1) is 17.8 Å². The third-order valence-electron chi connectivity index (χ3n) is 6.00. The Morgan fingerprint density at radius 1 is 1.00 bits per heavy atom. The molecule has 1 aliphatic rings. The topological polar surface area (TPSA) is 83.5 Å². The van der Waals surface area contributed by atoms with Crippen LogP contribution in [0.15, 0.2) is 0 Å². The van der Waals surface area contributed by atoms with Crippen molar-refractivity contribution in [2.45, 2.75) is 104 Å². The lowest BCUT2D eigenvalue weighted by Crippen LogP contribution is -2.46. The Kier molecular flexibility index (Phi) is 10.8. The van der Waals surface area contributed by atoms with E-state index in [-0.39, 0.29) is 35.5 Å². The standard InChI is InChI=1S/C22H39NO4/c1-5-9-19(20(24)10-6-2)23-16(4)21(25)14-18-12-8-7-11-17(18)13-15(3)22(26)27/h15-19,23H,5-14H2,1-4H3,(H,26,27)/t15-,16-,17-,18+,19-/m0/s1. The molecule has 5 heteroatoms. The van der Waals surface area contributed by atoms with Gasteiger partial charge in [-0.2, -0.15) is 0 Å². The van der Waals surface area contributed by atoms with E-state index in [2.05, 4.69) is 12.2 Å². The molecule has 156 valence electrons. The van der Waals surface area contributed by atoms with E-state index in [1.165, 1.54) is 0 Å². The molecule has 0 saturated heterocycles. The molecular weight excluding hydrogens is 342 g/mol. The van der Waals surface area contributed by atoms with Crippen LogP contribution in [0.1, 0.15) is 91.9 Å². The predicted molar refractivity (Wildman–Crippen MR) is 108 cm³/mol. The van der Waals surface area contributed by atoms with Crippen molar-refractivity contribution in [3.05, 3.63) is 0 Å². The van der Waals surface area contributed by atoms with E-state index in [0.717, 1.165) is 44.9 Å². The Morgan fingerprint density at radius 3 is 2.19 bits per heavy atom. The second-order valence-electron chi connectivity index (χ2n) is 8.40. The minimum Gasteiger partial charge on any atom is -0.481 e. The molecule has 27 heavy (non-hydrogen) atoms. The summed E-state index contributed by atoms with van der Waals surface area (Å²) in [7, 11) is 0. The van der Waals surface area contributed by atoms with Gasteiger partial charge in [-0.1, -0.05) is 46.5 Å². The molecule has 1 rings (SSSR count). The normalized spacial score (nSPS) is 23.4. The molecule has 0 aromatic heterocycles. The number of carboxylic acid groups (broad SMARTS) is 1. The summed E-state index contributed by atoms with van der Waals surface area (Å²) in [6.45, 7) is 7.67. The van der Waals surface area contributed by atoms with Gasteiger partial charge in [-0.3, -0.25) is 19.7 Å². The van der Waals surface area contributed by atoms with Crippen LogP contribution in [0.3, 0.4) is 0 Å². The summed E-state index contributed by atoms with van der Waals surface area (Å²) in [4.78, 5) is 36.3. The van der Waals surface area contributed by atoms with Crippen molar-refractivity contribution in [2.75, 3.05) is 0 Å². The molecule has 0 bridgehead atoms. The van der Waals surface area contributed by atoms with Crippen molar-refractivity contribution in [2.24, 2.45) is 17.8 Å². The molecule has 1 saturated carbocycles. The maximum Gasteiger partial charge on any atom is 0.306 e. The first kappa shape index (κ1) is 23.8. The monoisotopic (exact) mass is 381 g/mol. The summed E-state index contributed by atoms with van der Waals surface area (Å²) in [6.07, 6.45) is 8.46. The third kappa shape index (κ3) is 8.12. The van der Waals surface area contributed by atoms with E-state index in [4.69, 9.17) is 0 Å². The fourth-order valence-corrected chi connectivity index (χ4v) is 4.29. The molecule has 1 fully saturated rings. The van der Waals surface area contributed by atoms with E-state index in [0.29, 0.717) is 25.2 Å². The molecule has 0 aromatic rings. The molecule has 0 heterocycles. The lowest BCUT2D eigenvalue weighted by atomic mass is 9.72. The summed E-state index contributed by atoms with van der Waals surface area (Å²) in [5.74, 6) is -0.174. The molecule has 0 amide bonds. The zero-order valence-electron chi connectivity index (χ0n) is 17.6. The van der Waals surface area contributed by atoms with Gasteiger partial charge in [0.1, 0.15) is 11.6 Å². The van der Waals surface area contributed by atoms with Crippen LogP contribution in [-0.2, 0) is 14.4 Å².